The van der Waals surface area contributed by atoms with Crippen LogP contribution in [0, 0.1) is 5.92 Å². The van der Waals surface area contributed by atoms with E-state index in [-0.39, 0.29) is 12.1 Å². The Bertz CT molecular complexity index is 1160. The highest BCUT2D eigenvalue weighted by Crippen LogP contribution is 2.55. The topological polar surface area (TPSA) is 114 Å². The molecule has 1 aliphatic carbocycles. The van der Waals surface area contributed by atoms with Crippen LogP contribution < -0.4 is 10.6 Å². The van der Waals surface area contributed by atoms with E-state index < -0.39 is 5.54 Å². The van der Waals surface area contributed by atoms with Gasteiger partial charge in [-0.1, -0.05) is 18.5 Å². The van der Waals surface area contributed by atoms with Crippen molar-refractivity contribution in [2.45, 2.75) is 44.3 Å². The van der Waals surface area contributed by atoms with Crippen molar-refractivity contribution >= 4 is 23.3 Å². The van der Waals surface area contributed by atoms with Crippen molar-refractivity contribution in [3.05, 3.63) is 41.3 Å². The second-order valence-electron chi connectivity index (χ2n) is 8.70. The first-order valence-electron chi connectivity index (χ1n) is 10.6. The molecule has 1 saturated carbocycles. The molecular formula is C21H25ClN8O2. The first-order chi connectivity index (χ1) is 15.4. The van der Waals surface area contributed by atoms with E-state index in [2.05, 4.69) is 37.8 Å². The van der Waals surface area contributed by atoms with Gasteiger partial charge in [-0.15, -0.1) is 10.2 Å². The number of aryl methyl sites for hydroxylation is 1. The number of benzene rings is 1. The van der Waals surface area contributed by atoms with Crippen molar-refractivity contribution in [3.63, 3.8) is 0 Å². The largest absolute Gasteiger partial charge is 0.421 e. The summed E-state index contributed by atoms with van der Waals surface area (Å²) >= 11 is 6.36. The average Bonchev–Trinajstić information content (AvgIpc) is 3.38. The number of rotatable bonds is 5. The third kappa shape index (κ3) is 3.43. The molecule has 2 fully saturated rings. The molecule has 168 valence electrons. The molecule has 32 heavy (non-hydrogen) atoms. The summed E-state index contributed by atoms with van der Waals surface area (Å²) in [4.78, 5) is 19.5. The van der Waals surface area contributed by atoms with E-state index in [9.17, 15) is 4.79 Å². The molecule has 0 radical (unpaired) electrons. The zero-order valence-electron chi connectivity index (χ0n) is 18.2. The van der Waals surface area contributed by atoms with Gasteiger partial charge in [-0.3, -0.25) is 4.68 Å². The predicted molar refractivity (Wildman–Crippen MR) is 118 cm³/mol. The Balaban J connectivity index is 1.41. The normalized spacial score (nSPS) is 24.3. The number of anilines is 1. The predicted octanol–water partition coefficient (Wildman–Crippen LogP) is 3.17. The van der Waals surface area contributed by atoms with Gasteiger partial charge in [0.15, 0.2) is 5.82 Å². The van der Waals surface area contributed by atoms with E-state index in [0.29, 0.717) is 46.3 Å². The average molecular weight is 457 g/mol. The van der Waals surface area contributed by atoms with Gasteiger partial charge in [0.2, 0.25) is 11.8 Å². The molecule has 3 atom stereocenters. The molecule has 1 aromatic carbocycles. The van der Waals surface area contributed by atoms with Crippen LogP contribution in [0.2, 0.25) is 5.02 Å². The molecule has 11 heteroatoms. The summed E-state index contributed by atoms with van der Waals surface area (Å²) in [7, 11) is 3.61. The molecule has 2 aliphatic rings. The molecule has 0 spiro atoms. The van der Waals surface area contributed by atoms with Crippen molar-refractivity contribution in [2.24, 2.45) is 13.0 Å². The van der Waals surface area contributed by atoms with Crippen LogP contribution in [0.25, 0.3) is 11.4 Å². The maximum Gasteiger partial charge on any atom is 0.323 e. The third-order valence-electron chi connectivity index (χ3n) is 6.23. The molecule has 10 nitrogen and oxygen atoms in total. The number of urea groups is 1. The van der Waals surface area contributed by atoms with E-state index in [0.717, 1.165) is 19.3 Å². The number of hydrogen-bond acceptors (Lipinski definition) is 7. The molecule has 2 bridgehead atoms. The minimum atomic E-state index is -0.566. The van der Waals surface area contributed by atoms with Gasteiger partial charge in [0.25, 0.3) is 0 Å². The molecule has 3 aromatic rings. The highest BCUT2D eigenvalue weighted by Gasteiger charge is 2.62. The number of aromatic nitrogens is 5. The maximum atomic E-state index is 13.4. The summed E-state index contributed by atoms with van der Waals surface area (Å²) in [5.41, 5.74) is 0.714. The van der Waals surface area contributed by atoms with Crippen molar-refractivity contribution in [2.75, 3.05) is 12.4 Å². The Morgan fingerprint density at radius 3 is 2.94 bits per heavy atom. The summed E-state index contributed by atoms with van der Waals surface area (Å²) in [5.74, 6) is 2.00. The second kappa shape index (κ2) is 7.86. The van der Waals surface area contributed by atoms with Crippen LogP contribution in [0.1, 0.15) is 38.0 Å². The fraction of sp³-hybridized carbons (Fsp3) is 0.476. The number of carbonyl (C=O) groups is 1. The minimum absolute atomic E-state index is 0.141. The van der Waals surface area contributed by atoms with Crippen molar-refractivity contribution < 1.29 is 9.21 Å². The molecule has 5 rings (SSSR count). The van der Waals surface area contributed by atoms with E-state index in [1.165, 1.54) is 0 Å². The van der Waals surface area contributed by atoms with Gasteiger partial charge in [0.1, 0.15) is 11.9 Å². The Morgan fingerprint density at radius 1 is 1.34 bits per heavy atom. The summed E-state index contributed by atoms with van der Waals surface area (Å²) in [6.45, 7) is 2.69. The number of hydrogen-bond donors (Lipinski definition) is 2. The van der Waals surface area contributed by atoms with Crippen molar-refractivity contribution in [1.82, 2.24) is 35.2 Å². The number of halogens is 1. The monoisotopic (exact) mass is 456 g/mol. The van der Waals surface area contributed by atoms with E-state index in [4.69, 9.17) is 16.0 Å². The standard InChI is InChI=1S/C21H25ClN8O2/c1-12-6-14-9-21(8-12,19-27-26-17(32-19)10-23-2)30(14)20(31)25-13-4-5-16(22)15(7-13)18-24-11-29(3)28-18/h4-5,7,11-12,14,23H,6,8-10H2,1-3H3,(H,25,31)/t12?,14-,21+/m1/s1. The SMILES string of the molecule is CNCc1nnc([C@]23CC(C)C[C@H](C2)N3C(=O)Nc2ccc(Cl)c(-c3ncn(C)n3)c2)o1. The molecule has 1 aliphatic heterocycles. The zero-order chi connectivity index (χ0) is 22.5. The molecule has 2 aromatic heterocycles. The maximum absolute atomic E-state index is 13.4. The second-order valence-corrected chi connectivity index (χ2v) is 9.11. The number of fused-ring (bicyclic) bond motifs is 2. The Labute approximate surface area is 190 Å². The summed E-state index contributed by atoms with van der Waals surface area (Å²) < 4.78 is 7.54. The van der Waals surface area contributed by atoms with Gasteiger partial charge >= 0.3 is 6.03 Å². The minimum Gasteiger partial charge on any atom is -0.421 e. The Hall–Kier alpha value is -2.98. The van der Waals surface area contributed by atoms with Crippen molar-refractivity contribution in [1.29, 1.82) is 0 Å². The van der Waals surface area contributed by atoms with E-state index >= 15 is 0 Å². The van der Waals surface area contributed by atoms with Crippen LogP contribution in [0.15, 0.2) is 28.9 Å². The summed E-state index contributed by atoms with van der Waals surface area (Å²) in [6.07, 6.45) is 4.18. The van der Waals surface area contributed by atoms with Crippen LogP contribution in [0.5, 0.6) is 0 Å². The van der Waals surface area contributed by atoms with Crippen LogP contribution in [-0.4, -0.2) is 49.0 Å². The number of nitrogens with one attached hydrogen (secondary N) is 2. The smallest absolute Gasteiger partial charge is 0.323 e. The fourth-order valence-electron chi connectivity index (χ4n) is 5.03. The van der Waals surface area contributed by atoms with Crippen LogP contribution in [0.3, 0.4) is 0 Å². The summed E-state index contributed by atoms with van der Waals surface area (Å²) in [6, 6.07) is 5.25. The van der Waals surface area contributed by atoms with Gasteiger partial charge in [-0.25, -0.2) is 9.78 Å². The summed E-state index contributed by atoms with van der Waals surface area (Å²) in [5, 5.41) is 19.3. The van der Waals surface area contributed by atoms with Crippen LogP contribution in [-0.2, 0) is 19.1 Å². The van der Waals surface area contributed by atoms with E-state index in [1.54, 1.807) is 36.3 Å². The van der Waals surface area contributed by atoms with Gasteiger partial charge < -0.3 is 20.0 Å². The lowest BCUT2D eigenvalue weighted by Crippen LogP contribution is -2.70. The first-order valence-corrected chi connectivity index (χ1v) is 11.0. The lowest BCUT2D eigenvalue weighted by atomic mass is 9.64. The Kier molecular flexibility index (Phi) is 5.13. The number of carbonyl (C=O) groups excluding carboxylic acids is 1. The number of amides is 2. The molecule has 3 heterocycles. The van der Waals surface area contributed by atoms with Gasteiger partial charge in [0, 0.05) is 30.8 Å². The highest BCUT2D eigenvalue weighted by atomic mass is 35.5. The number of piperidine rings is 1. The van der Waals surface area contributed by atoms with Gasteiger partial charge in [0.05, 0.1) is 11.6 Å². The van der Waals surface area contributed by atoms with Gasteiger partial charge in [-0.2, -0.15) is 5.10 Å². The third-order valence-corrected chi connectivity index (χ3v) is 6.56. The molecular weight excluding hydrogens is 432 g/mol. The molecule has 1 saturated heterocycles. The number of likely N-dealkylation sites (tertiary alicyclic amines) is 1. The highest BCUT2D eigenvalue weighted by molar-refractivity contribution is 6.33. The quantitative estimate of drug-likeness (QED) is 0.606. The van der Waals surface area contributed by atoms with Gasteiger partial charge in [-0.05, 0) is 44.0 Å². The van der Waals surface area contributed by atoms with Crippen molar-refractivity contribution in [3.8, 4) is 11.4 Å². The lowest BCUT2D eigenvalue weighted by molar-refractivity contribution is -0.110. The molecule has 2 amide bonds. The number of nitrogens with zero attached hydrogens (tertiary/aromatic N) is 6. The zero-order valence-corrected chi connectivity index (χ0v) is 18.9. The first kappa shape index (κ1) is 20.9. The fourth-order valence-corrected chi connectivity index (χ4v) is 5.24. The van der Waals surface area contributed by atoms with Crippen LogP contribution >= 0.6 is 11.6 Å². The Morgan fingerprint density at radius 2 is 2.19 bits per heavy atom. The lowest BCUT2D eigenvalue weighted by Gasteiger charge is -2.61. The molecule has 2 N–H and O–H groups in total. The molecule has 1 unspecified atom stereocenters. The van der Waals surface area contributed by atoms with E-state index in [1.807, 2.05) is 11.9 Å². The van der Waals surface area contributed by atoms with Crippen LogP contribution in [0.4, 0.5) is 10.5 Å².